The zero-order valence-corrected chi connectivity index (χ0v) is 13.9. The van der Waals surface area contributed by atoms with E-state index in [1.165, 1.54) is 77.0 Å². The van der Waals surface area contributed by atoms with Crippen LogP contribution in [0, 0.1) is 5.92 Å². The highest BCUT2D eigenvalue weighted by Crippen LogP contribution is 2.10. The molecule has 0 radical (unpaired) electrons. The van der Waals surface area contributed by atoms with Gasteiger partial charge in [-0.1, -0.05) is 85.0 Å². The summed E-state index contributed by atoms with van der Waals surface area (Å²) < 4.78 is 5.69. The van der Waals surface area contributed by atoms with E-state index in [0.29, 0.717) is 0 Å². The monoisotopic (exact) mass is 270 g/mol. The van der Waals surface area contributed by atoms with Crippen LogP contribution in [-0.4, -0.2) is 13.2 Å². The normalized spacial score (nSPS) is 11.4. The van der Waals surface area contributed by atoms with Crippen molar-refractivity contribution in [3.8, 4) is 0 Å². The van der Waals surface area contributed by atoms with Crippen molar-refractivity contribution in [3.05, 3.63) is 0 Å². The average molecular weight is 271 g/mol. The topological polar surface area (TPSA) is 9.23 Å². The number of ether oxygens (including phenoxy) is 1. The predicted octanol–water partition coefficient (Wildman–Crippen LogP) is 6.36. The summed E-state index contributed by atoms with van der Waals surface area (Å²) in [6.07, 6.45) is 16.4. The van der Waals surface area contributed by atoms with Gasteiger partial charge in [-0.25, -0.2) is 0 Å². The van der Waals surface area contributed by atoms with E-state index < -0.39 is 0 Å². The molecule has 0 aromatic carbocycles. The molecule has 0 atom stereocenters. The van der Waals surface area contributed by atoms with E-state index in [0.717, 1.165) is 19.1 Å². The van der Waals surface area contributed by atoms with Gasteiger partial charge in [0.1, 0.15) is 0 Å². The van der Waals surface area contributed by atoms with E-state index in [2.05, 4.69) is 20.8 Å². The molecule has 0 saturated heterocycles. The second-order valence-electron chi connectivity index (χ2n) is 6.33. The molecule has 0 rings (SSSR count). The van der Waals surface area contributed by atoms with Crippen molar-refractivity contribution in [2.45, 2.75) is 97.8 Å². The third-order valence-corrected chi connectivity index (χ3v) is 3.71. The fourth-order valence-corrected chi connectivity index (χ4v) is 2.37. The van der Waals surface area contributed by atoms with Crippen LogP contribution in [0.25, 0.3) is 0 Å². The van der Waals surface area contributed by atoms with Crippen molar-refractivity contribution in [2.75, 3.05) is 13.2 Å². The Bertz CT molecular complexity index is 154. The van der Waals surface area contributed by atoms with Gasteiger partial charge in [0.05, 0.1) is 0 Å². The van der Waals surface area contributed by atoms with Crippen LogP contribution in [-0.2, 0) is 4.74 Å². The van der Waals surface area contributed by atoms with Crippen LogP contribution >= 0.6 is 0 Å². The Morgan fingerprint density at radius 3 is 1.63 bits per heavy atom. The molecular formula is C18H38O. The number of rotatable bonds is 15. The Labute approximate surface area is 122 Å². The van der Waals surface area contributed by atoms with E-state index >= 15 is 0 Å². The Hall–Kier alpha value is -0.0400. The first-order valence-electron chi connectivity index (χ1n) is 8.85. The lowest BCUT2D eigenvalue weighted by Crippen LogP contribution is -1.97. The van der Waals surface area contributed by atoms with Gasteiger partial charge in [0.15, 0.2) is 0 Å². The molecular weight excluding hydrogens is 232 g/mol. The second kappa shape index (κ2) is 16.0. The lowest BCUT2D eigenvalue weighted by atomic mass is 10.0. The van der Waals surface area contributed by atoms with Gasteiger partial charge >= 0.3 is 0 Å². The summed E-state index contributed by atoms with van der Waals surface area (Å²) in [7, 11) is 0. The summed E-state index contributed by atoms with van der Waals surface area (Å²) in [4.78, 5) is 0. The van der Waals surface area contributed by atoms with Gasteiger partial charge in [0.2, 0.25) is 0 Å². The lowest BCUT2D eigenvalue weighted by Gasteiger charge is -2.06. The summed E-state index contributed by atoms with van der Waals surface area (Å²) in [5.74, 6) is 0.869. The van der Waals surface area contributed by atoms with Crippen LogP contribution in [0.5, 0.6) is 0 Å². The molecule has 0 bridgehead atoms. The maximum atomic E-state index is 5.69. The minimum Gasteiger partial charge on any atom is -0.381 e. The molecule has 0 aliphatic heterocycles. The Balaban J connectivity index is 2.91. The third kappa shape index (κ3) is 18.0. The maximum absolute atomic E-state index is 5.69. The fraction of sp³-hybridized carbons (Fsp3) is 1.00. The highest BCUT2D eigenvalue weighted by molar-refractivity contribution is 4.48. The second-order valence-corrected chi connectivity index (χ2v) is 6.33. The zero-order chi connectivity index (χ0) is 14.2. The predicted molar refractivity (Wildman–Crippen MR) is 86.7 cm³/mol. The molecule has 19 heavy (non-hydrogen) atoms. The SMILES string of the molecule is CCCCCCCCCOCCCCCCC(C)C. The Morgan fingerprint density at radius 2 is 1.11 bits per heavy atom. The van der Waals surface area contributed by atoms with Crippen LogP contribution in [0.1, 0.15) is 97.8 Å². The number of unbranched alkanes of at least 4 members (excludes halogenated alkanes) is 9. The number of hydrogen-bond donors (Lipinski definition) is 0. The van der Waals surface area contributed by atoms with Gasteiger partial charge in [0, 0.05) is 13.2 Å². The molecule has 0 N–H and O–H groups in total. The molecule has 0 fully saturated rings. The summed E-state index contributed by atoms with van der Waals surface area (Å²) >= 11 is 0. The van der Waals surface area contributed by atoms with Crippen LogP contribution in [0.15, 0.2) is 0 Å². The lowest BCUT2D eigenvalue weighted by molar-refractivity contribution is 0.125. The molecule has 0 amide bonds. The fourth-order valence-electron chi connectivity index (χ4n) is 2.37. The summed E-state index contributed by atoms with van der Waals surface area (Å²) in [6, 6.07) is 0. The third-order valence-electron chi connectivity index (χ3n) is 3.71. The van der Waals surface area contributed by atoms with E-state index in [9.17, 15) is 0 Å². The van der Waals surface area contributed by atoms with Gasteiger partial charge in [-0.05, 0) is 18.8 Å². The standard InChI is InChI=1S/C18H38O/c1-4-5-6-7-8-10-13-16-19-17-14-11-9-12-15-18(2)3/h18H,4-17H2,1-3H3. The van der Waals surface area contributed by atoms with Crippen molar-refractivity contribution >= 4 is 0 Å². The summed E-state index contributed by atoms with van der Waals surface area (Å²) in [5.41, 5.74) is 0. The van der Waals surface area contributed by atoms with Crippen molar-refractivity contribution < 1.29 is 4.74 Å². The quantitative estimate of drug-likeness (QED) is 0.315. The maximum Gasteiger partial charge on any atom is 0.0466 e. The van der Waals surface area contributed by atoms with Gasteiger partial charge in [-0.15, -0.1) is 0 Å². The molecule has 1 heteroatoms. The highest BCUT2D eigenvalue weighted by Gasteiger charge is 1.95. The van der Waals surface area contributed by atoms with Crippen molar-refractivity contribution in [2.24, 2.45) is 5.92 Å². The van der Waals surface area contributed by atoms with E-state index in [4.69, 9.17) is 4.74 Å². The Kier molecular flexibility index (Phi) is 16.0. The van der Waals surface area contributed by atoms with E-state index in [1.54, 1.807) is 0 Å². The molecule has 0 aliphatic rings. The van der Waals surface area contributed by atoms with Crippen molar-refractivity contribution in [1.29, 1.82) is 0 Å². The zero-order valence-electron chi connectivity index (χ0n) is 13.9. The van der Waals surface area contributed by atoms with Crippen molar-refractivity contribution in [1.82, 2.24) is 0 Å². The van der Waals surface area contributed by atoms with Crippen molar-refractivity contribution in [3.63, 3.8) is 0 Å². The van der Waals surface area contributed by atoms with E-state index in [1.807, 2.05) is 0 Å². The Morgan fingerprint density at radius 1 is 0.632 bits per heavy atom. The first-order valence-corrected chi connectivity index (χ1v) is 8.85. The van der Waals surface area contributed by atoms with Crippen LogP contribution in [0.2, 0.25) is 0 Å². The highest BCUT2D eigenvalue weighted by atomic mass is 16.5. The molecule has 0 aromatic heterocycles. The molecule has 0 aromatic rings. The van der Waals surface area contributed by atoms with Gasteiger partial charge < -0.3 is 4.74 Å². The summed E-state index contributed by atoms with van der Waals surface area (Å²) in [6.45, 7) is 8.87. The number of hydrogen-bond acceptors (Lipinski definition) is 1. The molecule has 1 nitrogen and oxygen atoms in total. The van der Waals surface area contributed by atoms with E-state index in [-0.39, 0.29) is 0 Å². The summed E-state index contributed by atoms with van der Waals surface area (Å²) in [5, 5.41) is 0. The van der Waals surface area contributed by atoms with Gasteiger partial charge in [-0.2, -0.15) is 0 Å². The molecule has 0 aliphatic carbocycles. The first kappa shape index (κ1) is 19.0. The molecule has 0 unspecified atom stereocenters. The first-order chi connectivity index (χ1) is 9.27. The minimum absolute atomic E-state index is 0.869. The van der Waals surface area contributed by atoms with Gasteiger partial charge in [0.25, 0.3) is 0 Å². The molecule has 0 heterocycles. The minimum atomic E-state index is 0.869. The van der Waals surface area contributed by atoms with Gasteiger partial charge in [-0.3, -0.25) is 0 Å². The van der Waals surface area contributed by atoms with Crippen LogP contribution < -0.4 is 0 Å². The van der Waals surface area contributed by atoms with Crippen LogP contribution in [0.4, 0.5) is 0 Å². The average Bonchev–Trinajstić information content (AvgIpc) is 2.39. The van der Waals surface area contributed by atoms with Crippen LogP contribution in [0.3, 0.4) is 0 Å². The molecule has 0 saturated carbocycles. The largest absolute Gasteiger partial charge is 0.381 e. The molecule has 0 spiro atoms. The smallest absolute Gasteiger partial charge is 0.0466 e. The molecule has 116 valence electrons.